The maximum Gasteiger partial charge on any atom is 0.313 e. The Labute approximate surface area is 182 Å². The fraction of sp³-hybridized carbons (Fsp3) is 0.333. The summed E-state index contributed by atoms with van der Waals surface area (Å²) in [6.45, 7) is 3.70. The molecule has 0 aliphatic rings. The van der Waals surface area contributed by atoms with Crippen molar-refractivity contribution in [3.63, 3.8) is 0 Å². The Morgan fingerprint density at radius 1 is 0.968 bits per heavy atom. The van der Waals surface area contributed by atoms with Crippen LogP contribution < -0.4 is 24.8 Å². The number of nitrogens with one attached hydrogen (secondary N) is 3. The number of carbonyl (C=O) groups excluding carboxylic acids is 2. The number of benzene rings is 2. The molecule has 0 fully saturated rings. The zero-order valence-corrected chi connectivity index (χ0v) is 18.7. The first-order chi connectivity index (χ1) is 14.7. The number of amides is 2. The Morgan fingerprint density at radius 3 is 2.23 bits per heavy atom. The van der Waals surface area contributed by atoms with E-state index in [1.54, 1.807) is 44.2 Å². The van der Waals surface area contributed by atoms with Crippen molar-refractivity contribution in [1.82, 2.24) is 10.0 Å². The summed E-state index contributed by atoms with van der Waals surface area (Å²) in [5, 5.41) is 5.03. The molecule has 9 nitrogen and oxygen atoms in total. The minimum atomic E-state index is -3.55. The minimum absolute atomic E-state index is 0.168. The van der Waals surface area contributed by atoms with Gasteiger partial charge in [0.05, 0.1) is 24.8 Å². The molecular weight excluding hydrogens is 422 g/mol. The van der Waals surface area contributed by atoms with Crippen molar-refractivity contribution in [2.24, 2.45) is 0 Å². The molecule has 2 aromatic rings. The normalized spacial score (nSPS) is 11.1. The lowest BCUT2D eigenvalue weighted by molar-refractivity contribution is -0.136. The highest BCUT2D eigenvalue weighted by molar-refractivity contribution is 7.89. The summed E-state index contributed by atoms with van der Waals surface area (Å²) in [5.41, 5.74) is 1.16. The molecule has 168 valence electrons. The van der Waals surface area contributed by atoms with Gasteiger partial charge in [0.15, 0.2) is 0 Å². The van der Waals surface area contributed by atoms with E-state index in [0.29, 0.717) is 23.6 Å². The second-order valence-corrected chi connectivity index (χ2v) is 8.66. The summed E-state index contributed by atoms with van der Waals surface area (Å²) in [4.78, 5) is 24.4. The lowest BCUT2D eigenvalue weighted by atomic mass is 10.1. The summed E-state index contributed by atoms with van der Waals surface area (Å²) in [6.07, 6.45) is 0.433. The zero-order chi connectivity index (χ0) is 23.0. The molecule has 0 heterocycles. The highest BCUT2D eigenvalue weighted by atomic mass is 32.2. The van der Waals surface area contributed by atoms with Gasteiger partial charge in [-0.1, -0.05) is 12.1 Å². The second-order valence-electron chi connectivity index (χ2n) is 6.95. The molecule has 0 aliphatic heterocycles. The van der Waals surface area contributed by atoms with Gasteiger partial charge in [0, 0.05) is 18.7 Å². The maximum atomic E-state index is 12.1. The molecule has 0 atom stereocenters. The molecule has 0 radical (unpaired) electrons. The molecule has 2 amide bonds. The Balaban J connectivity index is 1.88. The smallest absolute Gasteiger partial charge is 0.313 e. The molecule has 2 aromatic carbocycles. The van der Waals surface area contributed by atoms with E-state index in [9.17, 15) is 18.0 Å². The number of sulfonamides is 1. The van der Waals surface area contributed by atoms with Gasteiger partial charge in [0.25, 0.3) is 0 Å². The van der Waals surface area contributed by atoms with E-state index in [4.69, 9.17) is 9.47 Å². The summed E-state index contributed by atoms with van der Waals surface area (Å²) in [6, 6.07) is 10.9. The van der Waals surface area contributed by atoms with Crippen molar-refractivity contribution >= 4 is 27.5 Å². The van der Waals surface area contributed by atoms with Gasteiger partial charge in [-0.05, 0) is 50.1 Å². The van der Waals surface area contributed by atoms with Gasteiger partial charge in [-0.25, -0.2) is 13.1 Å². The standard InChI is InChI=1S/C21H27N3O6S/c1-14(2)24-31(27,28)17-8-5-15(6-9-17)11-12-22-20(25)21(26)23-18-10-7-16(29-3)13-19(18)30-4/h5-10,13-14,24H,11-12H2,1-4H3,(H,22,25)(H,23,26). The highest BCUT2D eigenvalue weighted by Gasteiger charge is 2.17. The van der Waals surface area contributed by atoms with Crippen LogP contribution in [0.2, 0.25) is 0 Å². The number of ether oxygens (including phenoxy) is 2. The molecule has 0 saturated heterocycles. The Hall–Kier alpha value is -3.11. The molecule has 0 aromatic heterocycles. The van der Waals surface area contributed by atoms with E-state index in [2.05, 4.69) is 15.4 Å². The van der Waals surface area contributed by atoms with Crippen LogP contribution in [0, 0.1) is 0 Å². The van der Waals surface area contributed by atoms with Crippen LogP contribution in [-0.4, -0.2) is 47.0 Å². The monoisotopic (exact) mass is 449 g/mol. The Morgan fingerprint density at radius 2 is 1.65 bits per heavy atom. The van der Waals surface area contributed by atoms with E-state index in [1.807, 2.05) is 0 Å². The lowest BCUT2D eigenvalue weighted by Crippen LogP contribution is -2.36. The van der Waals surface area contributed by atoms with Crippen molar-refractivity contribution in [1.29, 1.82) is 0 Å². The van der Waals surface area contributed by atoms with Crippen LogP contribution in [-0.2, 0) is 26.0 Å². The number of hydrogen-bond acceptors (Lipinski definition) is 6. The fourth-order valence-corrected chi connectivity index (χ4v) is 3.95. The molecule has 0 saturated carbocycles. The van der Waals surface area contributed by atoms with Crippen molar-refractivity contribution in [2.45, 2.75) is 31.2 Å². The molecule has 2 rings (SSSR count). The minimum Gasteiger partial charge on any atom is -0.497 e. The first-order valence-electron chi connectivity index (χ1n) is 9.58. The molecule has 31 heavy (non-hydrogen) atoms. The molecule has 10 heteroatoms. The fourth-order valence-electron chi connectivity index (χ4n) is 2.70. The van der Waals surface area contributed by atoms with Crippen LogP contribution in [0.3, 0.4) is 0 Å². The molecule has 0 aliphatic carbocycles. The van der Waals surface area contributed by atoms with Crippen LogP contribution >= 0.6 is 0 Å². The molecule has 0 bridgehead atoms. The number of rotatable bonds is 9. The van der Waals surface area contributed by atoms with Crippen molar-refractivity contribution < 1.29 is 27.5 Å². The van der Waals surface area contributed by atoms with E-state index in [-0.39, 0.29) is 17.5 Å². The number of anilines is 1. The van der Waals surface area contributed by atoms with Crippen molar-refractivity contribution in [3.05, 3.63) is 48.0 Å². The average molecular weight is 450 g/mol. The third kappa shape index (κ3) is 6.97. The van der Waals surface area contributed by atoms with Crippen molar-refractivity contribution in [3.8, 4) is 11.5 Å². The van der Waals surface area contributed by atoms with Gasteiger partial charge < -0.3 is 20.1 Å². The third-order valence-electron chi connectivity index (χ3n) is 4.19. The largest absolute Gasteiger partial charge is 0.497 e. The Bertz CT molecular complexity index is 1020. The molecule has 0 unspecified atom stereocenters. The molecule has 3 N–H and O–H groups in total. The number of carbonyl (C=O) groups is 2. The summed E-state index contributed by atoms with van der Waals surface area (Å²) >= 11 is 0. The topological polar surface area (TPSA) is 123 Å². The third-order valence-corrected chi connectivity index (χ3v) is 5.86. The first-order valence-corrected chi connectivity index (χ1v) is 11.1. The van der Waals surface area contributed by atoms with Gasteiger partial charge in [0.1, 0.15) is 11.5 Å². The SMILES string of the molecule is COc1ccc(NC(=O)C(=O)NCCc2ccc(S(=O)(=O)NC(C)C)cc2)c(OC)c1. The first kappa shape index (κ1) is 24.2. The van der Waals surface area contributed by atoms with Crippen LogP contribution in [0.1, 0.15) is 19.4 Å². The van der Waals surface area contributed by atoms with Crippen LogP contribution in [0.25, 0.3) is 0 Å². The molecular formula is C21H27N3O6S. The Kier molecular flexibility index (Phi) is 8.40. The predicted molar refractivity (Wildman–Crippen MR) is 117 cm³/mol. The quantitative estimate of drug-likeness (QED) is 0.501. The summed E-state index contributed by atoms with van der Waals surface area (Å²) < 4.78 is 37.1. The lowest BCUT2D eigenvalue weighted by Gasteiger charge is -2.12. The van der Waals surface area contributed by atoms with Gasteiger partial charge >= 0.3 is 11.8 Å². The molecule has 0 spiro atoms. The van der Waals surface area contributed by atoms with Gasteiger partial charge in [0.2, 0.25) is 10.0 Å². The average Bonchev–Trinajstić information content (AvgIpc) is 2.73. The van der Waals surface area contributed by atoms with Crippen LogP contribution in [0.15, 0.2) is 47.4 Å². The maximum absolute atomic E-state index is 12.1. The zero-order valence-electron chi connectivity index (χ0n) is 17.9. The summed E-state index contributed by atoms with van der Waals surface area (Å²) in [7, 11) is -0.599. The van der Waals surface area contributed by atoms with Gasteiger partial charge in [-0.3, -0.25) is 9.59 Å². The van der Waals surface area contributed by atoms with E-state index in [0.717, 1.165) is 5.56 Å². The highest BCUT2D eigenvalue weighted by Crippen LogP contribution is 2.28. The predicted octanol–water partition coefficient (Wildman–Crippen LogP) is 1.69. The number of methoxy groups -OCH3 is 2. The van der Waals surface area contributed by atoms with E-state index >= 15 is 0 Å². The second kappa shape index (κ2) is 10.8. The van der Waals surface area contributed by atoms with Crippen LogP contribution in [0.5, 0.6) is 11.5 Å². The van der Waals surface area contributed by atoms with E-state index < -0.39 is 21.8 Å². The van der Waals surface area contributed by atoms with Gasteiger partial charge in [-0.2, -0.15) is 0 Å². The summed E-state index contributed by atoms with van der Waals surface area (Å²) in [5.74, 6) is -0.705. The number of hydrogen-bond donors (Lipinski definition) is 3. The van der Waals surface area contributed by atoms with E-state index in [1.165, 1.54) is 26.4 Å². The van der Waals surface area contributed by atoms with Crippen LogP contribution in [0.4, 0.5) is 5.69 Å². The van der Waals surface area contributed by atoms with Gasteiger partial charge in [-0.15, -0.1) is 0 Å². The van der Waals surface area contributed by atoms with Crippen molar-refractivity contribution in [2.75, 3.05) is 26.1 Å².